The summed E-state index contributed by atoms with van der Waals surface area (Å²) in [5.41, 5.74) is 3.91. The second kappa shape index (κ2) is 7.77. The Morgan fingerprint density at radius 2 is 2.04 bits per heavy atom. The van der Waals surface area contributed by atoms with Crippen molar-refractivity contribution in [3.05, 3.63) is 69.9 Å². The fraction of sp³-hybridized carbons (Fsp3) is 0.409. The Kier molecular flexibility index (Phi) is 5.64. The smallest absolute Gasteiger partial charge is 0.237 e. The van der Waals surface area contributed by atoms with Crippen molar-refractivity contribution in [3.63, 3.8) is 0 Å². The summed E-state index contributed by atoms with van der Waals surface area (Å²) in [6.07, 6.45) is 2.72. The summed E-state index contributed by atoms with van der Waals surface area (Å²) in [5, 5.41) is 5.29. The molecule has 26 heavy (non-hydrogen) atoms. The third-order valence-corrected chi connectivity index (χ3v) is 5.94. The average Bonchev–Trinajstić information content (AvgIpc) is 3.09. The van der Waals surface area contributed by atoms with Gasteiger partial charge in [-0.1, -0.05) is 51.1 Å². The Morgan fingerprint density at radius 1 is 1.31 bits per heavy atom. The van der Waals surface area contributed by atoms with Crippen molar-refractivity contribution in [2.75, 3.05) is 19.6 Å². The van der Waals surface area contributed by atoms with Gasteiger partial charge in [0.15, 0.2) is 0 Å². The van der Waals surface area contributed by atoms with E-state index in [0.717, 1.165) is 13.0 Å². The summed E-state index contributed by atoms with van der Waals surface area (Å²) in [4.78, 5) is 16.3. The molecule has 1 amide bonds. The minimum absolute atomic E-state index is 0.0112. The zero-order chi connectivity index (χ0) is 18.7. The van der Waals surface area contributed by atoms with Crippen LogP contribution in [0.25, 0.3) is 0 Å². The van der Waals surface area contributed by atoms with Crippen molar-refractivity contribution in [2.24, 2.45) is 0 Å². The topological polar surface area (TPSA) is 32.3 Å². The minimum Gasteiger partial charge on any atom is -0.330 e. The molecule has 0 spiro atoms. The van der Waals surface area contributed by atoms with Crippen LogP contribution in [-0.2, 0) is 16.6 Å². The maximum Gasteiger partial charge on any atom is 0.237 e. The van der Waals surface area contributed by atoms with E-state index in [1.165, 1.54) is 21.6 Å². The van der Waals surface area contributed by atoms with Gasteiger partial charge in [0.05, 0.1) is 12.6 Å². The van der Waals surface area contributed by atoms with Gasteiger partial charge < -0.3 is 10.2 Å². The molecule has 1 aliphatic rings. The Morgan fingerprint density at radius 3 is 2.69 bits per heavy atom. The molecule has 0 bridgehead atoms. The van der Waals surface area contributed by atoms with Gasteiger partial charge in [-0.25, -0.2) is 0 Å². The number of thiophene rings is 1. The monoisotopic (exact) mass is 368 g/mol. The number of benzene rings is 1. The van der Waals surface area contributed by atoms with E-state index in [9.17, 15) is 4.79 Å². The van der Waals surface area contributed by atoms with Gasteiger partial charge in [0.25, 0.3) is 0 Å². The van der Waals surface area contributed by atoms with Gasteiger partial charge in [0, 0.05) is 18.0 Å². The quantitative estimate of drug-likeness (QED) is 0.630. The molecule has 1 unspecified atom stereocenters. The summed E-state index contributed by atoms with van der Waals surface area (Å²) in [7, 11) is 0. The normalized spacial score (nSPS) is 17.0. The maximum atomic E-state index is 12.8. The largest absolute Gasteiger partial charge is 0.330 e. The number of fused-ring (bicyclic) bond motifs is 1. The number of nitrogens with one attached hydrogen (secondary N) is 1. The molecule has 1 aliphatic heterocycles. The van der Waals surface area contributed by atoms with E-state index in [1.54, 1.807) is 17.4 Å². The predicted octanol–water partition coefficient (Wildman–Crippen LogP) is 4.30. The first-order valence-corrected chi connectivity index (χ1v) is 10.1. The Labute approximate surface area is 160 Å². The zero-order valence-electron chi connectivity index (χ0n) is 15.9. The lowest BCUT2D eigenvalue weighted by atomic mass is 9.85. The van der Waals surface area contributed by atoms with Crippen LogP contribution in [0.3, 0.4) is 0 Å². The number of carbonyl (C=O) groups excluding carboxylic acids is 1. The van der Waals surface area contributed by atoms with E-state index in [4.69, 9.17) is 0 Å². The first-order chi connectivity index (χ1) is 12.4. The lowest BCUT2D eigenvalue weighted by molar-refractivity contribution is -0.132. The molecule has 0 saturated heterocycles. The molecule has 0 aliphatic carbocycles. The molecule has 138 valence electrons. The number of hydrogen-bond acceptors (Lipinski definition) is 3. The molecule has 0 saturated carbocycles. The van der Waals surface area contributed by atoms with Crippen LogP contribution in [0.1, 0.15) is 48.4 Å². The van der Waals surface area contributed by atoms with Crippen LogP contribution in [0.15, 0.2) is 48.4 Å². The van der Waals surface area contributed by atoms with E-state index >= 15 is 0 Å². The Bertz CT molecular complexity index is 770. The van der Waals surface area contributed by atoms with Gasteiger partial charge in [0.1, 0.15) is 0 Å². The first-order valence-electron chi connectivity index (χ1n) is 9.19. The third-order valence-electron chi connectivity index (χ3n) is 4.94. The average molecular weight is 369 g/mol. The van der Waals surface area contributed by atoms with Gasteiger partial charge in [-0.3, -0.25) is 4.79 Å². The van der Waals surface area contributed by atoms with Gasteiger partial charge in [0.2, 0.25) is 5.91 Å². The third kappa shape index (κ3) is 3.92. The summed E-state index contributed by atoms with van der Waals surface area (Å²) in [5.74, 6) is 0.147. The number of hydrogen-bond donors (Lipinski definition) is 1. The van der Waals surface area contributed by atoms with E-state index in [-0.39, 0.29) is 17.4 Å². The molecule has 0 radical (unpaired) electrons. The van der Waals surface area contributed by atoms with E-state index in [0.29, 0.717) is 13.1 Å². The summed E-state index contributed by atoms with van der Waals surface area (Å²) in [6, 6.07) is 11.0. The zero-order valence-corrected chi connectivity index (χ0v) is 16.7. The highest BCUT2D eigenvalue weighted by atomic mass is 32.1. The van der Waals surface area contributed by atoms with Crippen LogP contribution >= 0.6 is 11.3 Å². The summed E-state index contributed by atoms with van der Waals surface area (Å²) in [6.45, 7) is 12.1. The summed E-state index contributed by atoms with van der Waals surface area (Å²) >= 11 is 1.80. The SMILES string of the molecule is C=CCNCC(=O)N1CCc2sccc2C1c1ccc(C(C)(C)C)cc1. The van der Waals surface area contributed by atoms with Crippen LogP contribution in [0.2, 0.25) is 0 Å². The number of nitrogens with zero attached hydrogens (tertiary/aromatic N) is 1. The van der Waals surface area contributed by atoms with Gasteiger partial charge >= 0.3 is 0 Å². The van der Waals surface area contributed by atoms with Crippen LogP contribution < -0.4 is 5.32 Å². The highest BCUT2D eigenvalue weighted by molar-refractivity contribution is 7.10. The van der Waals surface area contributed by atoms with Crippen molar-refractivity contribution >= 4 is 17.2 Å². The molecule has 1 aromatic heterocycles. The first kappa shape index (κ1) is 18.9. The number of rotatable bonds is 5. The van der Waals surface area contributed by atoms with Crippen molar-refractivity contribution < 1.29 is 4.79 Å². The molecule has 3 nitrogen and oxygen atoms in total. The van der Waals surface area contributed by atoms with Crippen LogP contribution in [0.4, 0.5) is 0 Å². The van der Waals surface area contributed by atoms with Gasteiger partial charge in [-0.15, -0.1) is 17.9 Å². The van der Waals surface area contributed by atoms with Crippen molar-refractivity contribution in [3.8, 4) is 0 Å². The second-order valence-corrected chi connectivity index (χ2v) is 8.83. The van der Waals surface area contributed by atoms with E-state index < -0.39 is 0 Å². The molecule has 1 atom stereocenters. The highest BCUT2D eigenvalue weighted by Crippen LogP contribution is 2.38. The lowest BCUT2D eigenvalue weighted by Gasteiger charge is -2.36. The second-order valence-electron chi connectivity index (χ2n) is 7.83. The van der Waals surface area contributed by atoms with Gasteiger partial charge in [-0.2, -0.15) is 0 Å². The number of carbonyl (C=O) groups is 1. The molecule has 1 aromatic carbocycles. The fourth-order valence-corrected chi connectivity index (χ4v) is 4.40. The maximum absolute atomic E-state index is 12.8. The number of amides is 1. The van der Waals surface area contributed by atoms with Crippen LogP contribution in [0.5, 0.6) is 0 Å². The van der Waals surface area contributed by atoms with Gasteiger partial charge in [-0.05, 0) is 40.0 Å². The fourth-order valence-electron chi connectivity index (χ4n) is 3.49. The van der Waals surface area contributed by atoms with E-state index in [1.807, 2.05) is 4.90 Å². The molecule has 4 heteroatoms. The van der Waals surface area contributed by atoms with Crippen molar-refractivity contribution in [1.82, 2.24) is 10.2 Å². The lowest BCUT2D eigenvalue weighted by Crippen LogP contribution is -2.44. The molecular formula is C22H28N2OS. The molecule has 1 N–H and O–H groups in total. The molecule has 3 rings (SSSR count). The predicted molar refractivity (Wildman–Crippen MR) is 110 cm³/mol. The van der Waals surface area contributed by atoms with Crippen molar-refractivity contribution in [1.29, 1.82) is 0 Å². The molecular weight excluding hydrogens is 340 g/mol. The van der Waals surface area contributed by atoms with Crippen molar-refractivity contribution in [2.45, 2.75) is 38.6 Å². The van der Waals surface area contributed by atoms with Crippen LogP contribution in [0, 0.1) is 0 Å². The standard InChI is InChI=1S/C22H28N2OS/c1-5-12-23-15-20(25)24-13-10-19-18(11-14-26-19)21(24)16-6-8-17(9-7-16)22(2,3)4/h5-9,11,14,21,23H,1,10,12-13,15H2,2-4H3. The molecule has 2 heterocycles. The van der Waals surface area contributed by atoms with Crippen LogP contribution in [-0.4, -0.2) is 30.4 Å². The molecule has 0 fully saturated rings. The highest BCUT2D eigenvalue weighted by Gasteiger charge is 2.32. The van der Waals surface area contributed by atoms with E-state index in [2.05, 4.69) is 68.4 Å². The Hall–Kier alpha value is -1.91. The Balaban J connectivity index is 1.91. The summed E-state index contributed by atoms with van der Waals surface area (Å²) < 4.78 is 0. The minimum atomic E-state index is 0.0112. The molecule has 2 aromatic rings.